The summed E-state index contributed by atoms with van der Waals surface area (Å²) >= 11 is 7.42. The van der Waals surface area contributed by atoms with Gasteiger partial charge in [-0.25, -0.2) is 0 Å². The van der Waals surface area contributed by atoms with Crippen LogP contribution in [0.15, 0.2) is 29.4 Å². The van der Waals surface area contributed by atoms with Crippen LogP contribution in [-0.2, 0) is 13.7 Å². The molecule has 0 fully saturated rings. The minimum atomic E-state index is 0.351. The standard InChI is InChI=1S/C14H15ClN4OS/c1-19-13(10-20-12-6-4-11(15)5-7-12)17-18-14(19)21-9-3-2-8-16/h4-7H,2-3,9-10H2,1H3. The molecule has 1 aromatic heterocycles. The van der Waals surface area contributed by atoms with Crippen molar-refractivity contribution < 1.29 is 4.74 Å². The maximum absolute atomic E-state index is 8.50. The lowest BCUT2D eigenvalue weighted by Gasteiger charge is -2.06. The zero-order valence-electron chi connectivity index (χ0n) is 11.6. The molecule has 2 aromatic rings. The number of aromatic nitrogens is 3. The van der Waals surface area contributed by atoms with Gasteiger partial charge in [0.1, 0.15) is 12.4 Å². The van der Waals surface area contributed by atoms with Crippen LogP contribution in [0.5, 0.6) is 5.75 Å². The minimum Gasteiger partial charge on any atom is -0.486 e. The van der Waals surface area contributed by atoms with Crippen LogP contribution in [0, 0.1) is 11.3 Å². The molecule has 21 heavy (non-hydrogen) atoms. The highest BCUT2D eigenvalue weighted by molar-refractivity contribution is 7.99. The fourth-order valence-electron chi connectivity index (χ4n) is 1.59. The van der Waals surface area contributed by atoms with E-state index in [-0.39, 0.29) is 0 Å². The van der Waals surface area contributed by atoms with Gasteiger partial charge in [-0.3, -0.25) is 0 Å². The third-order valence-electron chi connectivity index (χ3n) is 2.77. The first-order chi connectivity index (χ1) is 10.2. The zero-order chi connectivity index (χ0) is 15.1. The Balaban J connectivity index is 1.88. The molecule has 0 saturated carbocycles. The van der Waals surface area contributed by atoms with Gasteiger partial charge in [0.15, 0.2) is 11.0 Å². The molecule has 2 rings (SSSR count). The maximum Gasteiger partial charge on any atom is 0.191 e. The van der Waals surface area contributed by atoms with Crippen molar-refractivity contribution in [3.8, 4) is 11.8 Å². The van der Waals surface area contributed by atoms with E-state index in [0.717, 1.165) is 28.9 Å². The van der Waals surface area contributed by atoms with Crippen LogP contribution in [-0.4, -0.2) is 20.5 Å². The normalized spacial score (nSPS) is 10.3. The van der Waals surface area contributed by atoms with Crippen molar-refractivity contribution in [2.75, 3.05) is 5.75 Å². The van der Waals surface area contributed by atoms with Gasteiger partial charge in [0.25, 0.3) is 0 Å². The predicted octanol–water partition coefficient (Wildman–Crippen LogP) is 3.44. The molecule has 0 amide bonds. The second-order valence-corrected chi connectivity index (χ2v) is 5.81. The lowest BCUT2D eigenvalue weighted by molar-refractivity contribution is 0.290. The molecule has 0 radical (unpaired) electrons. The summed E-state index contributed by atoms with van der Waals surface area (Å²) in [5, 5.41) is 18.3. The lowest BCUT2D eigenvalue weighted by atomic mass is 10.3. The van der Waals surface area contributed by atoms with E-state index in [9.17, 15) is 0 Å². The molecule has 0 aliphatic carbocycles. The van der Waals surface area contributed by atoms with E-state index in [1.165, 1.54) is 0 Å². The second-order valence-electron chi connectivity index (χ2n) is 4.31. The first-order valence-electron chi connectivity index (χ1n) is 6.47. The number of hydrogen-bond donors (Lipinski definition) is 0. The van der Waals surface area contributed by atoms with Crippen molar-refractivity contribution in [1.82, 2.24) is 14.8 Å². The molecule has 0 unspecified atom stereocenters. The van der Waals surface area contributed by atoms with Crippen molar-refractivity contribution in [2.45, 2.75) is 24.6 Å². The molecule has 0 atom stereocenters. The quantitative estimate of drug-likeness (QED) is 0.577. The van der Waals surface area contributed by atoms with Crippen molar-refractivity contribution in [2.24, 2.45) is 7.05 Å². The largest absolute Gasteiger partial charge is 0.486 e. The van der Waals surface area contributed by atoms with E-state index in [0.29, 0.717) is 18.1 Å². The lowest BCUT2D eigenvalue weighted by Crippen LogP contribution is -2.04. The third-order valence-corrected chi connectivity index (χ3v) is 4.13. The van der Waals surface area contributed by atoms with E-state index >= 15 is 0 Å². The Morgan fingerprint density at radius 2 is 2.10 bits per heavy atom. The molecule has 1 heterocycles. The molecule has 0 spiro atoms. The highest BCUT2D eigenvalue weighted by Crippen LogP contribution is 2.19. The number of nitrogens with zero attached hydrogens (tertiary/aromatic N) is 4. The highest BCUT2D eigenvalue weighted by atomic mass is 35.5. The summed E-state index contributed by atoms with van der Waals surface area (Å²) in [5.41, 5.74) is 0. The van der Waals surface area contributed by atoms with Crippen LogP contribution in [0.4, 0.5) is 0 Å². The third kappa shape index (κ3) is 4.66. The average molecular weight is 323 g/mol. The van der Waals surface area contributed by atoms with Crippen molar-refractivity contribution in [3.63, 3.8) is 0 Å². The molecule has 0 saturated heterocycles. The number of benzene rings is 1. The summed E-state index contributed by atoms with van der Waals surface area (Å²) in [7, 11) is 1.91. The van der Waals surface area contributed by atoms with Gasteiger partial charge in [0.05, 0.1) is 6.07 Å². The number of thioether (sulfide) groups is 1. The summed E-state index contributed by atoms with van der Waals surface area (Å²) in [4.78, 5) is 0. The second kappa shape index (κ2) is 7.91. The molecule has 0 aliphatic rings. The van der Waals surface area contributed by atoms with Crippen molar-refractivity contribution in [1.29, 1.82) is 5.26 Å². The molecule has 0 N–H and O–H groups in total. The van der Waals surface area contributed by atoms with Crippen LogP contribution in [0.3, 0.4) is 0 Å². The Hall–Kier alpha value is -1.71. The Kier molecular flexibility index (Phi) is 5.90. The Bertz CT molecular complexity index is 621. The molecular weight excluding hydrogens is 308 g/mol. The summed E-state index contributed by atoms with van der Waals surface area (Å²) in [6.07, 6.45) is 1.42. The number of ether oxygens (including phenoxy) is 1. The van der Waals surface area contributed by atoms with Crippen LogP contribution in [0.1, 0.15) is 18.7 Å². The molecule has 110 valence electrons. The number of halogens is 1. The summed E-state index contributed by atoms with van der Waals surface area (Å²) in [6, 6.07) is 9.33. The van der Waals surface area contributed by atoms with Crippen LogP contribution in [0.2, 0.25) is 5.02 Å². The van der Waals surface area contributed by atoms with Gasteiger partial charge in [-0.15, -0.1) is 10.2 Å². The van der Waals surface area contributed by atoms with Gasteiger partial charge < -0.3 is 9.30 Å². The number of rotatable bonds is 7. The number of nitriles is 1. The fraction of sp³-hybridized carbons (Fsp3) is 0.357. The minimum absolute atomic E-state index is 0.351. The Morgan fingerprint density at radius 3 is 2.81 bits per heavy atom. The van der Waals surface area contributed by atoms with Gasteiger partial charge in [-0.1, -0.05) is 23.4 Å². The summed E-state index contributed by atoms with van der Waals surface area (Å²) in [6.45, 7) is 0.351. The van der Waals surface area contributed by atoms with Gasteiger partial charge in [-0.2, -0.15) is 5.26 Å². The monoisotopic (exact) mass is 322 g/mol. The van der Waals surface area contributed by atoms with E-state index in [1.54, 1.807) is 23.9 Å². The highest BCUT2D eigenvalue weighted by Gasteiger charge is 2.09. The average Bonchev–Trinajstić information content (AvgIpc) is 2.84. The van der Waals surface area contributed by atoms with Gasteiger partial charge in [0.2, 0.25) is 0 Å². The van der Waals surface area contributed by atoms with E-state index in [1.807, 2.05) is 23.7 Å². The summed E-state index contributed by atoms with van der Waals surface area (Å²) in [5.74, 6) is 2.36. The molecule has 0 aliphatic heterocycles. The van der Waals surface area contributed by atoms with Crippen molar-refractivity contribution >= 4 is 23.4 Å². The van der Waals surface area contributed by atoms with Gasteiger partial charge in [-0.05, 0) is 30.7 Å². The van der Waals surface area contributed by atoms with Gasteiger partial charge in [0, 0.05) is 24.2 Å². The zero-order valence-corrected chi connectivity index (χ0v) is 13.2. The molecule has 5 nitrogen and oxygen atoms in total. The Morgan fingerprint density at radius 1 is 1.33 bits per heavy atom. The van der Waals surface area contributed by atoms with E-state index in [2.05, 4.69) is 16.3 Å². The van der Waals surface area contributed by atoms with Crippen LogP contribution in [0.25, 0.3) is 0 Å². The molecular formula is C14H15ClN4OS. The van der Waals surface area contributed by atoms with Crippen molar-refractivity contribution in [3.05, 3.63) is 35.1 Å². The number of unbranched alkanes of at least 4 members (excludes halogenated alkanes) is 1. The molecule has 1 aromatic carbocycles. The molecule has 7 heteroatoms. The maximum atomic E-state index is 8.50. The topological polar surface area (TPSA) is 63.7 Å². The smallest absolute Gasteiger partial charge is 0.191 e. The molecule has 0 bridgehead atoms. The fourth-order valence-corrected chi connectivity index (χ4v) is 2.58. The SMILES string of the molecule is Cn1c(COc2ccc(Cl)cc2)nnc1SCCCC#N. The first-order valence-corrected chi connectivity index (χ1v) is 7.83. The predicted molar refractivity (Wildman–Crippen MR) is 82.4 cm³/mol. The Labute approximate surface area is 132 Å². The first kappa shape index (κ1) is 15.7. The van der Waals surface area contributed by atoms with Crippen LogP contribution < -0.4 is 4.74 Å². The van der Waals surface area contributed by atoms with Gasteiger partial charge >= 0.3 is 0 Å². The number of hydrogen-bond acceptors (Lipinski definition) is 5. The van der Waals surface area contributed by atoms with Crippen LogP contribution >= 0.6 is 23.4 Å². The van der Waals surface area contributed by atoms with E-state index < -0.39 is 0 Å². The summed E-state index contributed by atoms with van der Waals surface area (Å²) < 4.78 is 7.56. The van der Waals surface area contributed by atoms with E-state index in [4.69, 9.17) is 21.6 Å².